The summed E-state index contributed by atoms with van der Waals surface area (Å²) in [6.07, 6.45) is 2.81. The minimum atomic E-state index is -0.0814. The predicted molar refractivity (Wildman–Crippen MR) is 89.8 cm³/mol. The lowest BCUT2D eigenvalue weighted by molar-refractivity contribution is -0.125. The van der Waals surface area contributed by atoms with Gasteiger partial charge in [-0.25, -0.2) is 4.98 Å². The van der Waals surface area contributed by atoms with Gasteiger partial charge >= 0.3 is 0 Å². The fourth-order valence-electron chi connectivity index (χ4n) is 2.76. The van der Waals surface area contributed by atoms with Crippen molar-refractivity contribution in [1.29, 1.82) is 0 Å². The van der Waals surface area contributed by atoms with Crippen LogP contribution in [0.2, 0.25) is 0 Å². The van der Waals surface area contributed by atoms with Crippen molar-refractivity contribution < 1.29 is 4.79 Å². The highest BCUT2D eigenvalue weighted by Gasteiger charge is 2.29. The monoisotopic (exact) mass is 302 g/mol. The molecule has 2 N–H and O–H groups in total. The molecule has 0 unspecified atom stereocenters. The Morgan fingerprint density at radius 1 is 1.59 bits per heavy atom. The number of amides is 1. The van der Waals surface area contributed by atoms with Crippen LogP contribution in [0.1, 0.15) is 19.0 Å². The number of hydrogen-bond acceptors (Lipinski definition) is 4. The van der Waals surface area contributed by atoms with E-state index < -0.39 is 0 Å². The van der Waals surface area contributed by atoms with Crippen molar-refractivity contribution >= 4 is 11.7 Å². The third-order valence-electron chi connectivity index (χ3n) is 4.13. The molecular weight excluding hydrogens is 276 g/mol. The van der Waals surface area contributed by atoms with Crippen LogP contribution < -0.4 is 10.6 Å². The molecule has 1 fully saturated rings. The van der Waals surface area contributed by atoms with Crippen molar-refractivity contribution in [2.75, 3.05) is 31.5 Å². The lowest BCUT2D eigenvalue weighted by Gasteiger charge is -2.23. The molecule has 2 atom stereocenters. The van der Waals surface area contributed by atoms with Gasteiger partial charge in [0, 0.05) is 25.3 Å². The van der Waals surface area contributed by atoms with E-state index in [2.05, 4.69) is 27.1 Å². The smallest absolute Gasteiger partial charge is 0.237 e. The molecule has 0 aliphatic carbocycles. The number of aromatic nitrogens is 1. The summed E-state index contributed by atoms with van der Waals surface area (Å²) in [6.45, 7) is 10.9. The Bertz CT molecular complexity index is 517. The fourth-order valence-corrected chi connectivity index (χ4v) is 2.76. The van der Waals surface area contributed by atoms with Gasteiger partial charge in [-0.05, 0) is 44.9 Å². The van der Waals surface area contributed by atoms with Gasteiger partial charge in [0.05, 0.1) is 6.04 Å². The zero-order chi connectivity index (χ0) is 15.9. The molecule has 1 aliphatic heterocycles. The molecule has 0 spiro atoms. The van der Waals surface area contributed by atoms with Gasteiger partial charge in [-0.2, -0.15) is 0 Å². The van der Waals surface area contributed by atoms with Crippen LogP contribution in [0, 0.1) is 12.8 Å². The van der Waals surface area contributed by atoms with Crippen LogP contribution >= 0.6 is 0 Å². The van der Waals surface area contributed by atoms with Gasteiger partial charge in [-0.1, -0.05) is 12.1 Å². The predicted octanol–water partition coefficient (Wildman–Crippen LogP) is 1.81. The van der Waals surface area contributed by atoms with E-state index in [1.54, 1.807) is 6.08 Å². The number of carbonyl (C=O) groups excluding carboxylic acids is 1. The van der Waals surface area contributed by atoms with Crippen LogP contribution in [0.25, 0.3) is 0 Å². The number of pyridine rings is 1. The number of hydrogen-bond donors (Lipinski definition) is 2. The summed E-state index contributed by atoms with van der Waals surface area (Å²) >= 11 is 0. The van der Waals surface area contributed by atoms with Crippen molar-refractivity contribution in [2.24, 2.45) is 5.92 Å². The van der Waals surface area contributed by atoms with Crippen LogP contribution in [0.4, 0.5) is 5.82 Å². The maximum Gasteiger partial charge on any atom is 0.237 e. The number of nitrogens with zero attached hydrogens (tertiary/aromatic N) is 2. The Balaban J connectivity index is 1.77. The van der Waals surface area contributed by atoms with Crippen molar-refractivity contribution in [2.45, 2.75) is 26.3 Å². The normalized spacial score (nSPS) is 19.6. The molecule has 120 valence electrons. The third kappa shape index (κ3) is 4.56. The average Bonchev–Trinajstić information content (AvgIpc) is 2.99. The zero-order valence-electron chi connectivity index (χ0n) is 13.5. The fraction of sp³-hybridized carbons (Fsp3) is 0.529. The Hall–Kier alpha value is -1.88. The molecule has 2 rings (SSSR count). The zero-order valence-corrected chi connectivity index (χ0v) is 13.5. The van der Waals surface area contributed by atoms with Gasteiger partial charge in [0.15, 0.2) is 0 Å². The Morgan fingerprint density at radius 2 is 2.41 bits per heavy atom. The quantitative estimate of drug-likeness (QED) is 0.754. The van der Waals surface area contributed by atoms with Crippen LogP contribution in [-0.2, 0) is 4.79 Å². The van der Waals surface area contributed by atoms with E-state index in [4.69, 9.17) is 0 Å². The molecule has 1 aromatic heterocycles. The molecule has 5 heteroatoms. The van der Waals surface area contributed by atoms with Crippen molar-refractivity contribution in [1.82, 2.24) is 15.2 Å². The Labute approximate surface area is 132 Å². The first-order valence-corrected chi connectivity index (χ1v) is 7.90. The molecule has 1 amide bonds. The molecule has 22 heavy (non-hydrogen) atoms. The van der Waals surface area contributed by atoms with Crippen molar-refractivity contribution in [3.05, 3.63) is 36.5 Å². The molecule has 0 radical (unpaired) electrons. The molecule has 0 saturated carbocycles. The first-order chi connectivity index (χ1) is 10.6. The van der Waals surface area contributed by atoms with E-state index in [1.165, 1.54) is 0 Å². The van der Waals surface area contributed by atoms with Gasteiger partial charge < -0.3 is 10.6 Å². The van der Waals surface area contributed by atoms with Gasteiger partial charge in [0.25, 0.3) is 0 Å². The first kappa shape index (κ1) is 16.5. The Morgan fingerprint density at radius 3 is 3.14 bits per heavy atom. The summed E-state index contributed by atoms with van der Waals surface area (Å²) in [4.78, 5) is 18.7. The number of aryl methyl sites for hydroxylation is 1. The maximum atomic E-state index is 12.0. The van der Waals surface area contributed by atoms with Gasteiger partial charge in [0.1, 0.15) is 5.82 Å². The molecule has 2 heterocycles. The molecule has 5 nitrogen and oxygen atoms in total. The van der Waals surface area contributed by atoms with Gasteiger partial charge in [-0.15, -0.1) is 6.58 Å². The standard InChI is InChI=1S/C17H26N4O/c1-4-9-18-17(22)14(3)21-10-8-15(12-21)11-19-16-7-5-6-13(2)20-16/h4-7,14-15H,1,8-12H2,2-3H3,(H,18,22)(H,19,20)/t14-,15-/m0/s1. The number of carbonyl (C=O) groups is 1. The third-order valence-corrected chi connectivity index (χ3v) is 4.13. The summed E-state index contributed by atoms with van der Waals surface area (Å²) in [5.74, 6) is 1.56. The summed E-state index contributed by atoms with van der Waals surface area (Å²) < 4.78 is 0. The number of rotatable bonds is 7. The van der Waals surface area contributed by atoms with Crippen molar-refractivity contribution in [3.8, 4) is 0 Å². The second kappa shape index (κ2) is 7.94. The van der Waals surface area contributed by atoms with E-state index in [-0.39, 0.29) is 11.9 Å². The summed E-state index contributed by atoms with van der Waals surface area (Å²) in [7, 11) is 0. The minimum absolute atomic E-state index is 0.0776. The SMILES string of the molecule is C=CCNC(=O)[C@H](C)N1CC[C@@H](CNc2cccc(C)n2)C1. The van der Waals surface area contributed by atoms with Crippen LogP contribution in [0.3, 0.4) is 0 Å². The maximum absolute atomic E-state index is 12.0. The largest absolute Gasteiger partial charge is 0.370 e. The number of likely N-dealkylation sites (tertiary alicyclic amines) is 1. The highest BCUT2D eigenvalue weighted by molar-refractivity contribution is 5.81. The minimum Gasteiger partial charge on any atom is -0.370 e. The molecule has 0 bridgehead atoms. The molecule has 1 aliphatic rings. The van der Waals surface area contributed by atoms with E-state index in [9.17, 15) is 4.79 Å². The summed E-state index contributed by atoms with van der Waals surface area (Å²) in [5, 5.41) is 6.26. The molecule has 1 saturated heterocycles. The van der Waals surface area contributed by atoms with E-state index in [0.29, 0.717) is 12.5 Å². The molecule has 1 aromatic rings. The topological polar surface area (TPSA) is 57.3 Å². The highest BCUT2D eigenvalue weighted by Crippen LogP contribution is 2.19. The number of anilines is 1. The van der Waals surface area contributed by atoms with E-state index >= 15 is 0 Å². The van der Waals surface area contributed by atoms with Gasteiger partial charge in [0.2, 0.25) is 5.91 Å². The summed E-state index contributed by atoms with van der Waals surface area (Å²) in [5.41, 5.74) is 1.02. The van der Waals surface area contributed by atoms with Crippen LogP contribution in [0.5, 0.6) is 0 Å². The first-order valence-electron chi connectivity index (χ1n) is 7.90. The average molecular weight is 302 g/mol. The second-order valence-electron chi connectivity index (χ2n) is 5.90. The molecular formula is C17H26N4O. The highest BCUT2D eigenvalue weighted by atomic mass is 16.2. The van der Waals surface area contributed by atoms with E-state index in [1.807, 2.05) is 32.0 Å². The lowest BCUT2D eigenvalue weighted by Crippen LogP contribution is -2.44. The van der Waals surface area contributed by atoms with Crippen LogP contribution in [-0.4, -0.2) is 48.0 Å². The van der Waals surface area contributed by atoms with E-state index in [0.717, 1.165) is 37.6 Å². The summed E-state index contributed by atoms with van der Waals surface area (Å²) in [6, 6.07) is 5.91. The second-order valence-corrected chi connectivity index (χ2v) is 5.90. The Kier molecular flexibility index (Phi) is 5.95. The number of nitrogens with one attached hydrogen (secondary N) is 2. The van der Waals surface area contributed by atoms with Crippen LogP contribution in [0.15, 0.2) is 30.9 Å². The van der Waals surface area contributed by atoms with Gasteiger partial charge in [-0.3, -0.25) is 9.69 Å². The van der Waals surface area contributed by atoms with Crippen molar-refractivity contribution in [3.63, 3.8) is 0 Å². The lowest BCUT2D eigenvalue weighted by atomic mass is 10.1. The molecule has 0 aromatic carbocycles.